The molecule has 4 nitrogen and oxygen atoms in total. The number of nitrogens with zero attached hydrogens (tertiary/aromatic N) is 2. The lowest BCUT2D eigenvalue weighted by Crippen LogP contribution is -2.01. The molecule has 0 fully saturated rings. The lowest BCUT2D eigenvalue weighted by Gasteiger charge is -2.11. The number of fused-ring (bicyclic) bond motifs is 2. The molecule has 1 N–H and O–H groups in total. The number of carboxylic acid groups (broad SMARTS) is 1. The van der Waals surface area contributed by atoms with Crippen molar-refractivity contribution in [2.45, 2.75) is 6.54 Å². The second-order valence-electron chi connectivity index (χ2n) is 7.07. The molecule has 0 spiro atoms. The lowest BCUT2D eigenvalue weighted by molar-refractivity contribution is 0.0700. The van der Waals surface area contributed by atoms with Gasteiger partial charge in [0.05, 0.1) is 22.9 Å². The van der Waals surface area contributed by atoms with E-state index in [1.807, 2.05) is 85.2 Å². The molecule has 0 aliphatic rings. The highest BCUT2D eigenvalue weighted by atomic mass is 16.4. The molecule has 0 unspecified atom stereocenters. The average molecular weight is 378 g/mol. The summed E-state index contributed by atoms with van der Waals surface area (Å²) in [5, 5.41) is 11.5. The number of carbonyl (C=O) groups is 1. The van der Waals surface area contributed by atoms with Crippen LogP contribution in [0.5, 0.6) is 0 Å². The fraction of sp³-hybridized carbons (Fsp3) is 0.0400. The van der Waals surface area contributed by atoms with Crippen molar-refractivity contribution in [2.24, 2.45) is 0 Å². The summed E-state index contributed by atoms with van der Waals surface area (Å²) in [6.45, 7) is 0.713. The third kappa shape index (κ3) is 3.05. The molecule has 0 saturated carbocycles. The van der Waals surface area contributed by atoms with Crippen LogP contribution in [-0.2, 0) is 6.54 Å². The third-order valence-corrected chi connectivity index (χ3v) is 5.29. The summed E-state index contributed by atoms with van der Waals surface area (Å²) in [7, 11) is 0. The Morgan fingerprint density at radius 1 is 0.862 bits per heavy atom. The van der Waals surface area contributed by atoms with Crippen molar-refractivity contribution in [2.75, 3.05) is 0 Å². The highest BCUT2D eigenvalue weighted by molar-refractivity contribution is 6.09. The summed E-state index contributed by atoms with van der Waals surface area (Å²) in [6, 6.07) is 27.6. The molecule has 0 radical (unpaired) electrons. The van der Waals surface area contributed by atoms with Crippen molar-refractivity contribution >= 4 is 27.8 Å². The van der Waals surface area contributed by atoms with Crippen molar-refractivity contribution < 1.29 is 9.90 Å². The van der Waals surface area contributed by atoms with Crippen LogP contribution in [0.4, 0.5) is 0 Å². The van der Waals surface area contributed by atoms with Crippen molar-refractivity contribution in [3.8, 4) is 11.1 Å². The van der Waals surface area contributed by atoms with Crippen LogP contribution >= 0.6 is 0 Å². The van der Waals surface area contributed by atoms with Gasteiger partial charge in [-0.1, -0.05) is 72.8 Å². The van der Waals surface area contributed by atoms with Gasteiger partial charge in [-0.15, -0.1) is 0 Å². The van der Waals surface area contributed by atoms with Crippen LogP contribution in [0.2, 0.25) is 0 Å². The molecular formula is C25H18N2O2. The topological polar surface area (TPSA) is 55.1 Å². The van der Waals surface area contributed by atoms with Gasteiger partial charge in [-0.2, -0.15) is 0 Å². The van der Waals surface area contributed by atoms with Crippen LogP contribution in [0.3, 0.4) is 0 Å². The molecule has 0 aliphatic carbocycles. The van der Waals surface area contributed by atoms with Crippen LogP contribution in [-0.4, -0.2) is 20.6 Å². The Morgan fingerprint density at radius 2 is 1.62 bits per heavy atom. The first-order chi connectivity index (χ1) is 14.2. The fourth-order valence-electron chi connectivity index (χ4n) is 3.87. The van der Waals surface area contributed by atoms with Gasteiger partial charge in [0.25, 0.3) is 0 Å². The number of rotatable bonds is 4. The predicted molar refractivity (Wildman–Crippen MR) is 115 cm³/mol. The van der Waals surface area contributed by atoms with Gasteiger partial charge >= 0.3 is 5.97 Å². The number of para-hydroxylation sites is 2. The van der Waals surface area contributed by atoms with Crippen LogP contribution in [0, 0.1) is 0 Å². The van der Waals surface area contributed by atoms with Gasteiger partial charge in [-0.25, -0.2) is 9.78 Å². The number of hydrogen-bond donors (Lipinski definition) is 1. The van der Waals surface area contributed by atoms with E-state index in [-0.39, 0.29) is 0 Å². The molecule has 0 saturated heterocycles. The molecule has 0 amide bonds. The van der Waals surface area contributed by atoms with E-state index >= 15 is 0 Å². The standard InChI is InChI=1S/C25H18N2O2/c28-25(29)24-20-6-2-1-5-18(20)13-14-21(24)19-11-9-17(10-12-19)15-27-16-26-22-7-3-4-8-23(22)27/h1-14,16H,15H2,(H,28,29). The minimum atomic E-state index is -0.911. The molecule has 4 aromatic carbocycles. The predicted octanol–water partition coefficient (Wildman–Crippen LogP) is 5.60. The largest absolute Gasteiger partial charge is 0.478 e. The summed E-state index contributed by atoms with van der Waals surface area (Å²) >= 11 is 0. The summed E-state index contributed by atoms with van der Waals surface area (Å²) in [5.74, 6) is -0.911. The van der Waals surface area contributed by atoms with E-state index in [1.165, 1.54) is 0 Å². The second kappa shape index (κ2) is 6.91. The van der Waals surface area contributed by atoms with E-state index in [0.717, 1.165) is 38.5 Å². The Hall–Kier alpha value is -3.92. The van der Waals surface area contributed by atoms with Gasteiger partial charge in [0.15, 0.2) is 0 Å². The molecule has 0 atom stereocenters. The summed E-state index contributed by atoms with van der Waals surface area (Å²) in [5.41, 5.74) is 5.18. The molecule has 1 heterocycles. The van der Waals surface area contributed by atoms with Gasteiger partial charge in [-0.3, -0.25) is 0 Å². The first-order valence-corrected chi connectivity index (χ1v) is 9.45. The van der Waals surface area contributed by atoms with Crippen molar-refractivity contribution in [1.29, 1.82) is 0 Å². The van der Waals surface area contributed by atoms with Crippen LogP contribution in [0.25, 0.3) is 32.9 Å². The Morgan fingerprint density at radius 3 is 2.45 bits per heavy atom. The summed E-state index contributed by atoms with van der Waals surface area (Å²) in [6.07, 6.45) is 1.85. The van der Waals surface area contributed by atoms with Gasteiger partial charge in [0.1, 0.15) is 0 Å². The van der Waals surface area contributed by atoms with E-state index in [2.05, 4.69) is 15.6 Å². The zero-order valence-electron chi connectivity index (χ0n) is 15.6. The maximum atomic E-state index is 12.0. The van der Waals surface area contributed by atoms with E-state index < -0.39 is 5.97 Å². The van der Waals surface area contributed by atoms with Gasteiger partial charge in [0, 0.05) is 6.54 Å². The van der Waals surface area contributed by atoms with Crippen LogP contribution in [0.1, 0.15) is 15.9 Å². The lowest BCUT2D eigenvalue weighted by atomic mass is 9.94. The maximum Gasteiger partial charge on any atom is 0.336 e. The smallest absolute Gasteiger partial charge is 0.336 e. The molecule has 1 aromatic heterocycles. The quantitative estimate of drug-likeness (QED) is 0.443. The SMILES string of the molecule is O=C(O)c1c(-c2ccc(Cn3cnc4ccccc43)cc2)ccc2ccccc12. The first-order valence-electron chi connectivity index (χ1n) is 9.45. The first kappa shape index (κ1) is 17.2. The van der Waals surface area contributed by atoms with Crippen molar-refractivity contribution in [3.05, 3.63) is 102 Å². The Kier molecular flexibility index (Phi) is 4.10. The minimum Gasteiger partial charge on any atom is -0.478 e. The summed E-state index contributed by atoms with van der Waals surface area (Å²) in [4.78, 5) is 16.4. The number of benzene rings is 4. The molecule has 29 heavy (non-hydrogen) atoms. The van der Waals surface area contributed by atoms with E-state index in [4.69, 9.17) is 0 Å². The highest BCUT2D eigenvalue weighted by Gasteiger charge is 2.15. The Bertz CT molecular complexity index is 1350. The third-order valence-electron chi connectivity index (χ3n) is 5.29. The highest BCUT2D eigenvalue weighted by Crippen LogP contribution is 2.31. The maximum absolute atomic E-state index is 12.0. The minimum absolute atomic E-state index is 0.344. The average Bonchev–Trinajstić information content (AvgIpc) is 3.16. The molecular weight excluding hydrogens is 360 g/mol. The molecule has 0 bridgehead atoms. The Labute approximate surface area is 167 Å². The zero-order chi connectivity index (χ0) is 19.8. The fourth-order valence-corrected chi connectivity index (χ4v) is 3.87. The van der Waals surface area contributed by atoms with Crippen LogP contribution < -0.4 is 0 Å². The number of hydrogen-bond acceptors (Lipinski definition) is 2. The van der Waals surface area contributed by atoms with Crippen molar-refractivity contribution in [3.63, 3.8) is 0 Å². The molecule has 4 heteroatoms. The number of carboxylic acids is 1. The number of aromatic nitrogens is 2. The van der Waals surface area contributed by atoms with Gasteiger partial charge in [-0.05, 0) is 39.6 Å². The molecule has 140 valence electrons. The second-order valence-corrected chi connectivity index (χ2v) is 7.07. The zero-order valence-corrected chi connectivity index (χ0v) is 15.6. The Balaban J connectivity index is 1.52. The molecule has 5 rings (SSSR count). The van der Waals surface area contributed by atoms with E-state index in [0.29, 0.717) is 12.1 Å². The van der Waals surface area contributed by atoms with Gasteiger partial charge in [0.2, 0.25) is 0 Å². The number of aromatic carboxylic acids is 1. The van der Waals surface area contributed by atoms with E-state index in [1.54, 1.807) is 0 Å². The monoisotopic (exact) mass is 378 g/mol. The molecule has 0 aliphatic heterocycles. The number of imidazole rings is 1. The van der Waals surface area contributed by atoms with Crippen LogP contribution in [0.15, 0.2) is 91.3 Å². The van der Waals surface area contributed by atoms with Crippen molar-refractivity contribution in [1.82, 2.24) is 9.55 Å². The summed E-state index contributed by atoms with van der Waals surface area (Å²) < 4.78 is 2.11. The van der Waals surface area contributed by atoms with E-state index in [9.17, 15) is 9.90 Å². The normalized spacial score (nSPS) is 11.2. The van der Waals surface area contributed by atoms with Gasteiger partial charge < -0.3 is 9.67 Å². The molecule has 5 aromatic rings.